The van der Waals surface area contributed by atoms with Gasteiger partial charge in [0.2, 0.25) is 0 Å². The van der Waals surface area contributed by atoms with Gasteiger partial charge in [0, 0.05) is 5.69 Å². The first-order valence-electron chi connectivity index (χ1n) is 6.71. The lowest BCUT2D eigenvalue weighted by molar-refractivity contribution is -0.139. The largest absolute Gasteiger partial charge is 0.419 e. The lowest BCUT2D eigenvalue weighted by atomic mass is 10.1. The van der Waals surface area contributed by atoms with Gasteiger partial charge in [-0.15, -0.1) is 10.2 Å². The SMILES string of the molecule is O=C(Nc1ccc(F)c(C(F)(F)F)c1)c1ccc(-n2cncn2)nn1. The van der Waals surface area contributed by atoms with E-state index in [0.717, 1.165) is 6.07 Å². The van der Waals surface area contributed by atoms with E-state index in [9.17, 15) is 22.4 Å². The van der Waals surface area contributed by atoms with Crippen LogP contribution in [0, 0.1) is 5.82 Å². The molecule has 0 unspecified atom stereocenters. The fraction of sp³-hybridized carbons (Fsp3) is 0.0714. The van der Waals surface area contributed by atoms with Crippen molar-refractivity contribution in [2.45, 2.75) is 6.18 Å². The van der Waals surface area contributed by atoms with Crippen LogP contribution in [0.5, 0.6) is 0 Å². The van der Waals surface area contributed by atoms with Crippen molar-refractivity contribution in [3.05, 3.63) is 60.1 Å². The molecule has 128 valence electrons. The van der Waals surface area contributed by atoms with Gasteiger partial charge in [-0.1, -0.05) is 0 Å². The minimum atomic E-state index is -4.87. The molecule has 0 aliphatic heterocycles. The number of hydrogen-bond acceptors (Lipinski definition) is 5. The number of benzene rings is 1. The number of nitrogens with one attached hydrogen (secondary N) is 1. The van der Waals surface area contributed by atoms with Gasteiger partial charge in [0.25, 0.3) is 5.91 Å². The lowest BCUT2D eigenvalue weighted by Gasteiger charge is -2.10. The minimum absolute atomic E-state index is 0.137. The number of alkyl halides is 3. The van der Waals surface area contributed by atoms with Crippen molar-refractivity contribution < 1.29 is 22.4 Å². The molecule has 0 fully saturated rings. The van der Waals surface area contributed by atoms with E-state index in [1.54, 1.807) is 0 Å². The molecule has 3 rings (SSSR count). The van der Waals surface area contributed by atoms with Gasteiger partial charge in [0.05, 0.1) is 5.56 Å². The molecule has 0 atom stereocenters. The third-order valence-corrected chi connectivity index (χ3v) is 3.07. The van der Waals surface area contributed by atoms with Crippen molar-refractivity contribution in [2.24, 2.45) is 0 Å². The number of carbonyl (C=O) groups is 1. The molecule has 1 aromatic carbocycles. The molecule has 1 amide bonds. The van der Waals surface area contributed by atoms with Crippen molar-refractivity contribution in [1.29, 1.82) is 0 Å². The van der Waals surface area contributed by atoms with Gasteiger partial charge in [-0.3, -0.25) is 4.79 Å². The molecule has 7 nitrogen and oxygen atoms in total. The maximum Gasteiger partial charge on any atom is 0.419 e. The van der Waals surface area contributed by atoms with Crippen molar-refractivity contribution in [1.82, 2.24) is 25.0 Å². The third kappa shape index (κ3) is 3.59. The summed E-state index contributed by atoms with van der Waals surface area (Å²) in [6.45, 7) is 0. The van der Waals surface area contributed by atoms with Gasteiger partial charge >= 0.3 is 6.18 Å². The Balaban J connectivity index is 1.78. The second-order valence-corrected chi connectivity index (χ2v) is 4.76. The maximum atomic E-state index is 13.2. The van der Waals surface area contributed by atoms with Crippen LogP contribution in [0.15, 0.2) is 43.0 Å². The first kappa shape index (κ1) is 16.5. The number of nitrogens with zero attached hydrogens (tertiary/aromatic N) is 5. The molecule has 2 aromatic heterocycles. The molecule has 0 aliphatic carbocycles. The maximum absolute atomic E-state index is 13.2. The average molecular weight is 352 g/mol. The van der Waals surface area contributed by atoms with Crippen molar-refractivity contribution in [3.8, 4) is 5.82 Å². The number of aromatic nitrogens is 5. The summed E-state index contributed by atoms with van der Waals surface area (Å²) < 4.78 is 52.6. The summed E-state index contributed by atoms with van der Waals surface area (Å²) in [6.07, 6.45) is -2.21. The Labute approximate surface area is 137 Å². The molecular formula is C14H8F4N6O. The topological polar surface area (TPSA) is 85.6 Å². The van der Waals surface area contributed by atoms with Crippen molar-refractivity contribution in [3.63, 3.8) is 0 Å². The number of carbonyl (C=O) groups excluding carboxylic acids is 1. The van der Waals surface area contributed by atoms with E-state index < -0.39 is 23.5 Å². The highest BCUT2D eigenvalue weighted by molar-refractivity contribution is 6.02. The van der Waals surface area contributed by atoms with Crippen LogP contribution in [0.1, 0.15) is 16.1 Å². The summed E-state index contributed by atoms with van der Waals surface area (Å²) in [5, 5.41) is 13.5. The number of anilines is 1. The third-order valence-electron chi connectivity index (χ3n) is 3.07. The fourth-order valence-electron chi connectivity index (χ4n) is 1.91. The van der Waals surface area contributed by atoms with E-state index in [1.807, 2.05) is 0 Å². The van der Waals surface area contributed by atoms with Crippen LogP contribution in [0.4, 0.5) is 23.2 Å². The summed E-state index contributed by atoms with van der Waals surface area (Å²) in [7, 11) is 0. The Morgan fingerprint density at radius 2 is 1.92 bits per heavy atom. The molecule has 0 saturated heterocycles. The second-order valence-electron chi connectivity index (χ2n) is 4.76. The monoisotopic (exact) mass is 352 g/mol. The van der Waals surface area contributed by atoms with Gasteiger partial charge in [-0.05, 0) is 30.3 Å². The normalized spacial score (nSPS) is 11.4. The second kappa shape index (κ2) is 6.26. The van der Waals surface area contributed by atoms with E-state index in [-0.39, 0.29) is 11.4 Å². The first-order chi connectivity index (χ1) is 11.8. The zero-order valence-corrected chi connectivity index (χ0v) is 12.2. The Kier molecular flexibility index (Phi) is 4.13. The summed E-state index contributed by atoms with van der Waals surface area (Å²) >= 11 is 0. The van der Waals surface area contributed by atoms with E-state index in [0.29, 0.717) is 18.0 Å². The molecule has 0 radical (unpaired) electrons. The summed E-state index contributed by atoms with van der Waals surface area (Å²) in [4.78, 5) is 15.8. The number of amides is 1. The Morgan fingerprint density at radius 3 is 2.52 bits per heavy atom. The van der Waals surface area contributed by atoms with Crippen LogP contribution in [-0.4, -0.2) is 30.9 Å². The molecule has 1 N–H and O–H groups in total. The fourth-order valence-corrected chi connectivity index (χ4v) is 1.91. The summed E-state index contributed by atoms with van der Waals surface area (Å²) in [5.41, 5.74) is -1.83. The van der Waals surface area contributed by atoms with Crippen LogP contribution in [0.25, 0.3) is 5.82 Å². The van der Waals surface area contributed by atoms with E-state index in [4.69, 9.17) is 0 Å². The van der Waals surface area contributed by atoms with Crippen LogP contribution in [0.3, 0.4) is 0 Å². The molecular weight excluding hydrogens is 344 g/mol. The molecule has 0 saturated carbocycles. The van der Waals surface area contributed by atoms with Crippen molar-refractivity contribution >= 4 is 11.6 Å². The van der Waals surface area contributed by atoms with Crippen LogP contribution >= 0.6 is 0 Å². The number of halogens is 4. The number of hydrogen-bond donors (Lipinski definition) is 1. The van der Waals surface area contributed by atoms with Gasteiger partial charge in [0.15, 0.2) is 11.5 Å². The standard InChI is InChI=1S/C14H8F4N6O/c15-10-2-1-8(5-9(10)14(16,17)18)21-13(25)11-3-4-12(23-22-11)24-7-19-6-20-24/h1-7H,(H,21,25). The van der Waals surface area contributed by atoms with Crippen LogP contribution < -0.4 is 5.32 Å². The van der Waals surface area contributed by atoms with E-state index in [2.05, 4.69) is 25.6 Å². The quantitative estimate of drug-likeness (QED) is 0.732. The van der Waals surface area contributed by atoms with Gasteiger partial charge in [-0.25, -0.2) is 14.1 Å². The molecule has 3 aromatic rings. The van der Waals surface area contributed by atoms with Gasteiger partial charge in [0.1, 0.15) is 18.5 Å². The highest BCUT2D eigenvalue weighted by Crippen LogP contribution is 2.33. The average Bonchev–Trinajstić information content (AvgIpc) is 3.10. The van der Waals surface area contributed by atoms with Crippen LogP contribution in [-0.2, 0) is 6.18 Å². The molecule has 0 bridgehead atoms. The van der Waals surface area contributed by atoms with Gasteiger partial charge < -0.3 is 5.32 Å². The van der Waals surface area contributed by atoms with Crippen molar-refractivity contribution in [2.75, 3.05) is 5.32 Å². The smallest absolute Gasteiger partial charge is 0.321 e. The Hall–Kier alpha value is -3.37. The highest BCUT2D eigenvalue weighted by Gasteiger charge is 2.34. The molecule has 0 aliphatic rings. The molecule has 11 heteroatoms. The molecule has 25 heavy (non-hydrogen) atoms. The summed E-state index contributed by atoms with van der Waals surface area (Å²) in [5.74, 6) is -1.92. The number of rotatable bonds is 3. The first-order valence-corrected chi connectivity index (χ1v) is 6.71. The highest BCUT2D eigenvalue weighted by atomic mass is 19.4. The lowest BCUT2D eigenvalue weighted by Crippen LogP contribution is -2.16. The Bertz CT molecular complexity index is 893. The predicted molar refractivity (Wildman–Crippen MR) is 76.3 cm³/mol. The van der Waals surface area contributed by atoms with Gasteiger partial charge in [-0.2, -0.15) is 18.3 Å². The Morgan fingerprint density at radius 1 is 1.12 bits per heavy atom. The minimum Gasteiger partial charge on any atom is -0.321 e. The van der Waals surface area contributed by atoms with E-state index in [1.165, 1.54) is 29.5 Å². The zero-order valence-electron chi connectivity index (χ0n) is 12.2. The zero-order chi connectivity index (χ0) is 18.0. The predicted octanol–water partition coefficient (Wildman–Crippen LogP) is 2.47. The molecule has 2 heterocycles. The van der Waals surface area contributed by atoms with E-state index >= 15 is 0 Å². The molecule has 0 spiro atoms. The summed E-state index contributed by atoms with van der Waals surface area (Å²) in [6, 6.07) is 4.89. The van der Waals surface area contributed by atoms with Crippen LogP contribution in [0.2, 0.25) is 0 Å².